The maximum Gasteiger partial charge on any atom is 0.315 e. The zero-order chi connectivity index (χ0) is 17.4. The molecule has 2 N–H and O–H groups in total. The van der Waals surface area contributed by atoms with Crippen molar-refractivity contribution < 1.29 is 4.79 Å². The summed E-state index contributed by atoms with van der Waals surface area (Å²) in [5.74, 6) is 0.806. The van der Waals surface area contributed by atoms with Crippen LogP contribution in [-0.2, 0) is 13.1 Å². The smallest absolute Gasteiger partial charge is 0.315 e. The molecule has 4 nitrogen and oxygen atoms in total. The Morgan fingerprint density at radius 1 is 1.04 bits per heavy atom. The van der Waals surface area contributed by atoms with Crippen LogP contribution >= 0.6 is 0 Å². The van der Waals surface area contributed by atoms with Crippen molar-refractivity contribution in [3.8, 4) is 0 Å². The molecule has 0 bridgehead atoms. The van der Waals surface area contributed by atoms with E-state index in [9.17, 15) is 4.79 Å². The number of carbonyl (C=O) groups is 1. The summed E-state index contributed by atoms with van der Waals surface area (Å²) in [7, 11) is 0. The van der Waals surface area contributed by atoms with Gasteiger partial charge in [-0.2, -0.15) is 0 Å². The van der Waals surface area contributed by atoms with E-state index >= 15 is 0 Å². The van der Waals surface area contributed by atoms with Gasteiger partial charge in [0.15, 0.2) is 0 Å². The number of amides is 2. The summed E-state index contributed by atoms with van der Waals surface area (Å²) in [5.41, 5.74) is 2.47. The minimum absolute atomic E-state index is 0.0400. The molecule has 134 valence electrons. The van der Waals surface area contributed by atoms with Crippen LogP contribution in [0.2, 0.25) is 0 Å². The van der Waals surface area contributed by atoms with Crippen LogP contribution in [0.15, 0.2) is 24.3 Å². The highest BCUT2D eigenvalue weighted by Gasteiger charge is 2.19. The molecule has 1 fully saturated rings. The number of hydrogen-bond acceptors (Lipinski definition) is 2. The van der Waals surface area contributed by atoms with Crippen molar-refractivity contribution in [3.63, 3.8) is 0 Å². The lowest BCUT2D eigenvalue weighted by molar-refractivity contribution is 0.228. The zero-order valence-electron chi connectivity index (χ0n) is 15.5. The van der Waals surface area contributed by atoms with Crippen LogP contribution in [0.5, 0.6) is 0 Å². The number of benzene rings is 1. The standard InChI is InChI=1S/C20H33N3O/c1-4-23(5-2)15-18-10-8-17(9-11-18)14-21-20(24)22-19-12-6-16(3)7-13-19/h8-11,16,19H,4-7,12-15H2,1-3H3,(H2,21,22,24). The second-order valence-electron chi connectivity index (χ2n) is 7.06. The summed E-state index contributed by atoms with van der Waals surface area (Å²) in [4.78, 5) is 14.4. The van der Waals surface area contributed by atoms with E-state index in [2.05, 4.69) is 60.6 Å². The van der Waals surface area contributed by atoms with Crippen LogP contribution in [0.1, 0.15) is 57.6 Å². The largest absolute Gasteiger partial charge is 0.335 e. The van der Waals surface area contributed by atoms with Gasteiger partial charge >= 0.3 is 6.03 Å². The summed E-state index contributed by atoms with van der Waals surface area (Å²) in [6, 6.07) is 8.85. The highest BCUT2D eigenvalue weighted by Crippen LogP contribution is 2.23. The van der Waals surface area contributed by atoms with Crippen molar-refractivity contribution in [2.24, 2.45) is 5.92 Å². The number of nitrogens with one attached hydrogen (secondary N) is 2. The van der Waals surface area contributed by atoms with E-state index in [4.69, 9.17) is 0 Å². The van der Waals surface area contributed by atoms with Crippen molar-refractivity contribution in [2.45, 2.75) is 65.6 Å². The molecule has 1 aromatic rings. The molecule has 24 heavy (non-hydrogen) atoms. The first-order chi connectivity index (χ1) is 11.6. The fourth-order valence-corrected chi connectivity index (χ4v) is 3.29. The van der Waals surface area contributed by atoms with Crippen molar-refractivity contribution in [3.05, 3.63) is 35.4 Å². The van der Waals surface area contributed by atoms with Crippen molar-refractivity contribution in [1.29, 1.82) is 0 Å². The van der Waals surface area contributed by atoms with Gasteiger partial charge in [0.05, 0.1) is 0 Å². The van der Waals surface area contributed by atoms with E-state index in [0.717, 1.165) is 44.0 Å². The van der Waals surface area contributed by atoms with Crippen molar-refractivity contribution >= 4 is 6.03 Å². The Bertz CT molecular complexity index is 488. The number of rotatable bonds is 7. The molecule has 2 rings (SSSR count). The number of urea groups is 1. The van der Waals surface area contributed by atoms with Gasteiger partial charge < -0.3 is 10.6 Å². The van der Waals surface area contributed by atoms with Gasteiger partial charge in [-0.25, -0.2) is 4.79 Å². The summed E-state index contributed by atoms with van der Waals surface area (Å²) < 4.78 is 0. The number of hydrogen-bond donors (Lipinski definition) is 2. The highest BCUT2D eigenvalue weighted by molar-refractivity contribution is 5.74. The fraction of sp³-hybridized carbons (Fsp3) is 0.650. The lowest BCUT2D eigenvalue weighted by atomic mass is 9.87. The van der Waals surface area contributed by atoms with Gasteiger partial charge in [0.25, 0.3) is 0 Å². The van der Waals surface area contributed by atoms with Crippen molar-refractivity contribution in [1.82, 2.24) is 15.5 Å². The summed E-state index contributed by atoms with van der Waals surface area (Å²) in [5, 5.41) is 6.09. The Kier molecular flexibility index (Phi) is 7.57. The van der Waals surface area contributed by atoms with E-state index in [-0.39, 0.29) is 6.03 Å². The van der Waals surface area contributed by atoms with Gasteiger partial charge in [-0.05, 0) is 55.8 Å². The molecule has 0 heterocycles. The Balaban J connectivity index is 1.72. The van der Waals surface area contributed by atoms with Gasteiger partial charge in [-0.1, -0.05) is 45.0 Å². The molecule has 1 aliphatic carbocycles. The van der Waals surface area contributed by atoms with Crippen LogP contribution in [0.25, 0.3) is 0 Å². The summed E-state index contributed by atoms with van der Waals surface area (Å²) in [6.45, 7) is 10.4. The second-order valence-corrected chi connectivity index (χ2v) is 7.06. The molecule has 0 unspecified atom stereocenters. The molecule has 1 aromatic carbocycles. The van der Waals surface area contributed by atoms with Crippen LogP contribution in [0.3, 0.4) is 0 Å². The SMILES string of the molecule is CCN(CC)Cc1ccc(CNC(=O)NC2CCC(C)CC2)cc1. The van der Waals surface area contributed by atoms with Crippen LogP contribution in [0.4, 0.5) is 4.79 Å². The molecule has 0 aromatic heterocycles. The quantitative estimate of drug-likeness (QED) is 0.796. The first-order valence-corrected chi connectivity index (χ1v) is 9.45. The van der Waals surface area contributed by atoms with E-state index < -0.39 is 0 Å². The van der Waals surface area contributed by atoms with Gasteiger partial charge in [-0.3, -0.25) is 4.90 Å². The molecule has 1 saturated carbocycles. The average molecular weight is 332 g/mol. The maximum absolute atomic E-state index is 12.0. The summed E-state index contributed by atoms with van der Waals surface area (Å²) >= 11 is 0. The molecular formula is C20H33N3O. The lowest BCUT2D eigenvalue weighted by Gasteiger charge is -2.26. The Labute approximate surface area is 147 Å². The fourth-order valence-electron chi connectivity index (χ4n) is 3.29. The minimum atomic E-state index is -0.0400. The molecule has 1 aliphatic rings. The van der Waals surface area contributed by atoms with Gasteiger partial charge in [0.2, 0.25) is 0 Å². The summed E-state index contributed by atoms with van der Waals surface area (Å²) in [6.07, 6.45) is 4.65. The van der Waals surface area contributed by atoms with Gasteiger partial charge in [-0.15, -0.1) is 0 Å². The molecule has 0 aliphatic heterocycles. The van der Waals surface area contributed by atoms with Crippen molar-refractivity contribution in [2.75, 3.05) is 13.1 Å². The third-order valence-corrected chi connectivity index (χ3v) is 5.13. The zero-order valence-corrected chi connectivity index (χ0v) is 15.5. The molecule has 0 atom stereocenters. The first kappa shape index (κ1) is 18.8. The predicted molar refractivity (Wildman–Crippen MR) is 99.9 cm³/mol. The Morgan fingerprint density at radius 3 is 2.21 bits per heavy atom. The number of nitrogens with zero attached hydrogens (tertiary/aromatic N) is 1. The topological polar surface area (TPSA) is 44.4 Å². The van der Waals surface area contributed by atoms with Gasteiger partial charge in [0, 0.05) is 19.1 Å². The van der Waals surface area contributed by atoms with Gasteiger partial charge in [0.1, 0.15) is 0 Å². The van der Waals surface area contributed by atoms with E-state index in [0.29, 0.717) is 12.6 Å². The van der Waals surface area contributed by atoms with E-state index in [1.807, 2.05) is 0 Å². The monoisotopic (exact) mass is 331 g/mol. The molecule has 0 spiro atoms. The van der Waals surface area contributed by atoms with Crippen LogP contribution < -0.4 is 10.6 Å². The first-order valence-electron chi connectivity index (χ1n) is 9.45. The lowest BCUT2D eigenvalue weighted by Crippen LogP contribution is -2.43. The highest BCUT2D eigenvalue weighted by atomic mass is 16.2. The Hall–Kier alpha value is -1.55. The van der Waals surface area contributed by atoms with Crippen LogP contribution in [0, 0.1) is 5.92 Å². The molecule has 0 radical (unpaired) electrons. The third-order valence-electron chi connectivity index (χ3n) is 5.13. The molecule has 0 saturated heterocycles. The van der Waals surface area contributed by atoms with E-state index in [1.54, 1.807) is 0 Å². The average Bonchev–Trinajstić information content (AvgIpc) is 2.61. The van der Waals surface area contributed by atoms with E-state index in [1.165, 1.54) is 18.4 Å². The van der Waals surface area contributed by atoms with Crippen LogP contribution in [-0.4, -0.2) is 30.1 Å². The third kappa shape index (κ3) is 6.16. The second kappa shape index (κ2) is 9.67. The predicted octanol–water partition coefficient (Wildman–Crippen LogP) is 3.91. The minimum Gasteiger partial charge on any atom is -0.335 e. The molecule has 2 amide bonds. The molecular weight excluding hydrogens is 298 g/mol. The normalized spacial score (nSPS) is 20.8. The Morgan fingerprint density at radius 2 is 1.62 bits per heavy atom. The molecule has 4 heteroatoms. The number of carbonyl (C=O) groups excluding carboxylic acids is 1. The maximum atomic E-state index is 12.0.